The molecule has 0 saturated carbocycles. The molecule has 4 heteroatoms. The molecule has 0 amide bonds. The number of hydrogen-bond donors (Lipinski definition) is 1. The van der Waals surface area contributed by atoms with Crippen molar-refractivity contribution >= 4 is 38.9 Å². The van der Waals surface area contributed by atoms with Crippen LogP contribution in [0.3, 0.4) is 0 Å². The van der Waals surface area contributed by atoms with E-state index < -0.39 is 0 Å². The number of rotatable bonds is 3. The third-order valence-corrected chi connectivity index (χ3v) is 4.92. The van der Waals surface area contributed by atoms with Crippen LogP contribution in [0.4, 0.5) is 0 Å². The fraction of sp³-hybridized carbons (Fsp3) is 0.556. The zero-order valence-corrected chi connectivity index (χ0v) is 10.9. The maximum atomic E-state index is 5.98. The van der Waals surface area contributed by atoms with Crippen molar-refractivity contribution in [3.8, 4) is 0 Å². The van der Waals surface area contributed by atoms with E-state index >= 15 is 0 Å². The van der Waals surface area contributed by atoms with Crippen LogP contribution >= 0.6 is 38.9 Å². The van der Waals surface area contributed by atoms with Crippen LogP contribution in [0.1, 0.15) is 25.1 Å². The Hall–Kier alpha value is 0.430. The lowest BCUT2D eigenvalue weighted by molar-refractivity contribution is 0.497. The summed E-state index contributed by atoms with van der Waals surface area (Å²) >= 11 is 11.0. The highest BCUT2D eigenvalue weighted by Crippen LogP contribution is 2.39. The predicted octanol–water partition coefficient (Wildman–Crippen LogP) is 3.79. The van der Waals surface area contributed by atoms with Crippen LogP contribution in [-0.4, -0.2) is 6.54 Å². The fourth-order valence-corrected chi connectivity index (χ4v) is 3.00. The summed E-state index contributed by atoms with van der Waals surface area (Å²) in [6.07, 6.45) is 0.982. The van der Waals surface area contributed by atoms with Crippen LogP contribution < -0.4 is 5.73 Å². The van der Waals surface area contributed by atoms with Crippen LogP contribution in [-0.2, 0) is 5.41 Å². The second-order valence-electron chi connectivity index (χ2n) is 3.65. The Morgan fingerprint density at radius 3 is 2.62 bits per heavy atom. The van der Waals surface area contributed by atoms with Crippen molar-refractivity contribution in [1.29, 1.82) is 0 Å². The van der Waals surface area contributed by atoms with Crippen LogP contribution in [0.15, 0.2) is 10.5 Å². The average molecular weight is 283 g/mol. The highest BCUT2D eigenvalue weighted by Gasteiger charge is 2.22. The highest BCUT2D eigenvalue weighted by atomic mass is 79.9. The van der Waals surface area contributed by atoms with E-state index in [-0.39, 0.29) is 5.41 Å². The van der Waals surface area contributed by atoms with Gasteiger partial charge in [0.05, 0.1) is 0 Å². The molecule has 0 aliphatic heterocycles. The lowest BCUT2D eigenvalue weighted by Gasteiger charge is -2.21. The zero-order valence-electron chi connectivity index (χ0n) is 7.73. The van der Waals surface area contributed by atoms with Crippen molar-refractivity contribution < 1.29 is 0 Å². The number of halogens is 2. The molecule has 1 heterocycles. The lowest BCUT2D eigenvalue weighted by atomic mass is 9.88. The van der Waals surface area contributed by atoms with Gasteiger partial charge < -0.3 is 5.73 Å². The van der Waals surface area contributed by atoms with E-state index in [0.717, 1.165) is 15.2 Å². The number of hydrogen-bond acceptors (Lipinski definition) is 2. The molecule has 0 spiro atoms. The summed E-state index contributed by atoms with van der Waals surface area (Å²) in [5.74, 6) is 0. The van der Waals surface area contributed by atoms with Gasteiger partial charge in [-0.15, -0.1) is 11.3 Å². The second-order valence-corrected chi connectivity index (χ2v) is 6.16. The maximum absolute atomic E-state index is 5.98. The Morgan fingerprint density at radius 1 is 1.62 bits per heavy atom. The van der Waals surface area contributed by atoms with E-state index in [9.17, 15) is 0 Å². The number of thiophene rings is 1. The van der Waals surface area contributed by atoms with Crippen molar-refractivity contribution in [2.75, 3.05) is 6.54 Å². The molecule has 0 saturated heterocycles. The smallest absolute Gasteiger partial charge is 0.107 e. The zero-order chi connectivity index (χ0) is 10.1. The maximum Gasteiger partial charge on any atom is 0.107 e. The van der Waals surface area contributed by atoms with E-state index in [2.05, 4.69) is 35.8 Å². The molecular formula is C9H13BrClNS. The van der Waals surface area contributed by atoms with E-state index in [1.807, 2.05) is 0 Å². The SMILES string of the molecule is CC(C)(CCN)c1cc(Br)c(Cl)s1. The summed E-state index contributed by atoms with van der Waals surface area (Å²) < 4.78 is 1.80. The summed E-state index contributed by atoms with van der Waals surface area (Å²) in [6, 6.07) is 2.09. The summed E-state index contributed by atoms with van der Waals surface area (Å²) in [6.45, 7) is 5.09. The van der Waals surface area contributed by atoms with Gasteiger partial charge in [0.15, 0.2) is 0 Å². The van der Waals surface area contributed by atoms with Crippen LogP contribution in [0.5, 0.6) is 0 Å². The van der Waals surface area contributed by atoms with E-state index in [0.29, 0.717) is 6.54 Å². The molecule has 74 valence electrons. The van der Waals surface area contributed by atoms with Crippen LogP contribution in [0.25, 0.3) is 0 Å². The minimum Gasteiger partial charge on any atom is -0.330 e. The van der Waals surface area contributed by atoms with Gasteiger partial charge in [0.25, 0.3) is 0 Å². The molecule has 0 radical (unpaired) electrons. The first-order valence-corrected chi connectivity index (χ1v) is 6.11. The number of nitrogens with two attached hydrogens (primary N) is 1. The minimum atomic E-state index is 0.134. The molecular weight excluding hydrogens is 270 g/mol. The van der Waals surface area contributed by atoms with E-state index in [1.54, 1.807) is 11.3 Å². The monoisotopic (exact) mass is 281 g/mol. The van der Waals surface area contributed by atoms with Crippen molar-refractivity contribution in [2.45, 2.75) is 25.7 Å². The Labute approximate surface area is 96.4 Å². The van der Waals surface area contributed by atoms with Gasteiger partial charge in [0.1, 0.15) is 4.34 Å². The van der Waals surface area contributed by atoms with Gasteiger partial charge in [-0.3, -0.25) is 0 Å². The lowest BCUT2D eigenvalue weighted by Crippen LogP contribution is -2.20. The first kappa shape index (κ1) is 11.5. The normalized spacial score (nSPS) is 12.1. The van der Waals surface area contributed by atoms with E-state index in [4.69, 9.17) is 17.3 Å². The third kappa shape index (κ3) is 2.69. The first-order valence-electron chi connectivity index (χ1n) is 4.13. The molecule has 2 N–H and O–H groups in total. The van der Waals surface area contributed by atoms with Crippen molar-refractivity contribution in [2.24, 2.45) is 5.73 Å². The molecule has 0 aromatic carbocycles. The topological polar surface area (TPSA) is 26.0 Å². The molecule has 0 unspecified atom stereocenters. The van der Waals surface area contributed by atoms with Crippen LogP contribution in [0.2, 0.25) is 4.34 Å². The fourth-order valence-electron chi connectivity index (χ4n) is 1.16. The molecule has 1 aromatic heterocycles. The van der Waals surface area contributed by atoms with Gasteiger partial charge in [0.2, 0.25) is 0 Å². The summed E-state index contributed by atoms with van der Waals surface area (Å²) in [5, 5.41) is 0. The van der Waals surface area contributed by atoms with E-state index in [1.165, 1.54) is 4.88 Å². The Morgan fingerprint density at radius 2 is 2.23 bits per heavy atom. The minimum absolute atomic E-state index is 0.134. The summed E-state index contributed by atoms with van der Waals surface area (Å²) in [7, 11) is 0. The molecule has 0 aliphatic rings. The molecule has 13 heavy (non-hydrogen) atoms. The quantitative estimate of drug-likeness (QED) is 0.897. The second kappa shape index (κ2) is 4.30. The molecule has 0 aliphatic carbocycles. The molecule has 0 atom stereocenters. The Bertz CT molecular complexity index is 276. The van der Waals surface area contributed by atoms with Gasteiger partial charge in [0, 0.05) is 14.8 Å². The molecule has 1 rings (SSSR count). The van der Waals surface area contributed by atoms with Crippen molar-refractivity contribution in [3.63, 3.8) is 0 Å². The van der Waals surface area contributed by atoms with Crippen LogP contribution in [0, 0.1) is 0 Å². The highest BCUT2D eigenvalue weighted by molar-refractivity contribution is 9.10. The Kier molecular flexibility index (Phi) is 3.81. The average Bonchev–Trinajstić information content (AvgIpc) is 2.33. The molecule has 1 nitrogen and oxygen atoms in total. The van der Waals surface area contributed by atoms with Crippen molar-refractivity contribution in [1.82, 2.24) is 0 Å². The predicted molar refractivity (Wildman–Crippen MR) is 63.7 cm³/mol. The third-order valence-electron chi connectivity index (χ3n) is 2.08. The van der Waals surface area contributed by atoms with Gasteiger partial charge in [-0.1, -0.05) is 25.4 Å². The first-order chi connectivity index (χ1) is 5.97. The molecule has 1 aromatic rings. The summed E-state index contributed by atoms with van der Waals surface area (Å²) in [5.41, 5.74) is 5.69. The van der Waals surface area contributed by atoms with Gasteiger partial charge in [-0.05, 0) is 35.0 Å². The molecule has 0 bridgehead atoms. The standard InChI is InChI=1S/C9H13BrClNS/c1-9(2,3-4-12)7-5-6(10)8(11)13-7/h5H,3-4,12H2,1-2H3. The molecule has 0 fully saturated rings. The van der Waals surface area contributed by atoms with Gasteiger partial charge >= 0.3 is 0 Å². The Balaban J connectivity index is 2.93. The largest absolute Gasteiger partial charge is 0.330 e. The van der Waals surface area contributed by atoms with Crippen molar-refractivity contribution in [3.05, 3.63) is 19.8 Å². The van der Waals surface area contributed by atoms with Gasteiger partial charge in [-0.2, -0.15) is 0 Å². The summed E-state index contributed by atoms with van der Waals surface area (Å²) in [4.78, 5) is 1.29. The van der Waals surface area contributed by atoms with Gasteiger partial charge in [-0.25, -0.2) is 0 Å².